The number of aliphatic imine (C=N–C) groups is 1. The minimum absolute atomic E-state index is 0.163. The van der Waals surface area contributed by atoms with Gasteiger partial charge in [-0.1, -0.05) is 25.7 Å². The Hall–Kier alpha value is -2.94. The molecule has 47 heavy (non-hydrogen) atoms. The monoisotopic (exact) mass is 704 g/mol. The van der Waals surface area contributed by atoms with Crippen LogP contribution in [0.4, 0.5) is 4.39 Å². The summed E-state index contributed by atoms with van der Waals surface area (Å²) in [5.74, 6) is -0.914. The van der Waals surface area contributed by atoms with Crippen LogP contribution in [0.5, 0.6) is 0 Å². The number of carbonyl (C=O) groups is 2. The fourth-order valence-electron chi connectivity index (χ4n) is 6.50. The zero-order valence-electron chi connectivity index (χ0n) is 28.0. The van der Waals surface area contributed by atoms with Gasteiger partial charge >= 0.3 is 11.9 Å². The summed E-state index contributed by atoms with van der Waals surface area (Å²) in [5.41, 5.74) is 1.50. The Morgan fingerprint density at radius 2 is 1.87 bits per heavy atom. The van der Waals surface area contributed by atoms with Crippen molar-refractivity contribution in [1.82, 2.24) is 14.6 Å². The smallest absolute Gasteiger partial charge is 0.338 e. The van der Waals surface area contributed by atoms with Gasteiger partial charge in [0.05, 0.1) is 29.5 Å². The first-order valence-corrected chi connectivity index (χ1v) is 22.3. The number of ether oxygens (including phenoxy) is 2. The van der Waals surface area contributed by atoms with E-state index in [9.17, 15) is 22.4 Å². The van der Waals surface area contributed by atoms with Crippen LogP contribution in [-0.2, 0) is 29.1 Å². The van der Waals surface area contributed by atoms with Crippen molar-refractivity contribution in [3.05, 3.63) is 63.0 Å². The molecule has 14 heteroatoms. The predicted molar refractivity (Wildman–Crippen MR) is 183 cm³/mol. The molecular formula is C33H45FN4O6S2Si. The van der Waals surface area contributed by atoms with E-state index in [1.54, 1.807) is 33.0 Å². The first kappa shape index (κ1) is 35.4. The number of esters is 2. The Bertz CT molecular complexity index is 1660. The molecule has 0 amide bonds. The molecule has 1 saturated heterocycles. The van der Waals surface area contributed by atoms with E-state index < -0.39 is 40.8 Å². The lowest BCUT2D eigenvalue weighted by atomic mass is 9.70. The van der Waals surface area contributed by atoms with Crippen molar-refractivity contribution >= 4 is 47.2 Å². The summed E-state index contributed by atoms with van der Waals surface area (Å²) >= 11 is 1.40. The van der Waals surface area contributed by atoms with Crippen LogP contribution in [0.2, 0.25) is 25.7 Å². The van der Waals surface area contributed by atoms with Crippen LogP contribution in [0, 0.1) is 24.1 Å². The van der Waals surface area contributed by atoms with E-state index in [1.807, 2.05) is 5.38 Å². The van der Waals surface area contributed by atoms with Gasteiger partial charge in [-0.15, -0.1) is 11.3 Å². The molecule has 10 nitrogen and oxygen atoms in total. The number of halogens is 1. The molecular weight excluding hydrogens is 660 g/mol. The van der Waals surface area contributed by atoms with E-state index in [0.717, 1.165) is 6.04 Å². The van der Waals surface area contributed by atoms with E-state index in [-0.39, 0.29) is 50.2 Å². The van der Waals surface area contributed by atoms with E-state index >= 15 is 0 Å². The molecule has 1 aromatic heterocycles. The number of rotatable bonds is 11. The molecule has 3 heterocycles. The molecule has 1 aromatic carbocycles. The fourth-order valence-corrected chi connectivity index (χ4v) is 10.1. The second-order valence-corrected chi connectivity index (χ2v) is 22.9. The van der Waals surface area contributed by atoms with Crippen LogP contribution in [-0.4, -0.2) is 75.1 Å². The number of sulfonamides is 1. The van der Waals surface area contributed by atoms with Gasteiger partial charge in [0.15, 0.2) is 10.8 Å². The van der Waals surface area contributed by atoms with Crippen molar-refractivity contribution in [1.29, 1.82) is 0 Å². The quantitative estimate of drug-likeness (QED) is 0.237. The number of aryl methyl sites for hydroxylation is 1. The zero-order chi connectivity index (χ0) is 34.1. The van der Waals surface area contributed by atoms with Gasteiger partial charge in [-0.2, -0.15) is 0 Å². The topological polar surface area (TPSA) is 127 Å². The third-order valence-electron chi connectivity index (χ3n) is 9.31. The summed E-state index contributed by atoms with van der Waals surface area (Å²) in [6, 6.07) is 4.53. The molecule has 1 unspecified atom stereocenters. The number of amidine groups is 1. The van der Waals surface area contributed by atoms with Gasteiger partial charge in [-0.25, -0.2) is 26.9 Å². The molecule has 5 rings (SSSR count). The number of piperidine rings is 1. The SMILES string of the molecule is CCOC(=O)C1=C(C2CCN(S(=O)(=O)C3CC(C)(C(=O)OCC[Si](C)(C)C)C3)CC2)NC(c2nccs2)=NC1c1ccc(F)cc1C. The molecule has 2 aromatic rings. The number of aromatic nitrogens is 1. The number of thiazole rings is 1. The van der Waals surface area contributed by atoms with Gasteiger partial charge in [0, 0.05) is 44.4 Å². The number of allylic oxidation sites excluding steroid dienone is 1. The first-order chi connectivity index (χ1) is 22.1. The highest BCUT2D eigenvalue weighted by Crippen LogP contribution is 2.47. The Morgan fingerprint density at radius 1 is 1.17 bits per heavy atom. The van der Waals surface area contributed by atoms with Crippen molar-refractivity contribution in [3.8, 4) is 0 Å². The molecule has 1 N–H and O–H groups in total. The normalized spacial score (nSPS) is 24.3. The van der Waals surface area contributed by atoms with E-state index in [1.165, 1.54) is 27.8 Å². The number of carbonyl (C=O) groups excluding carboxylic acids is 2. The standard InChI is InChI=1S/C33H45FN4O6S2Si/c1-7-43-31(39)26-27(36-29(30-35-12-16-45-30)37-28(26)25-9-8-23(34)18-21(25)2)22-10-13-38(14-11-22)46(41,42)24-19-33(3,20-24)32(40)44-15-17-47(4,5)6/h8-9,12,16,18,22,24,28H,7,10-11,13-15,17,19-20H2,1-6H3,(H,36,37). The van der Waals surface area contributed by atoms with Crippen molar-refractivity contribution in [2.45, 2.75) is 83.4 Å². The van der Waals surface area contributed by atoms with E-state index in [2.05, 4.69) is 29.9 Å². The third kappa shape index (κ3) is 7.70. The minimum atomic E-state index is -3.64. The third-order valence-corrected chi connectivity index (χ3v) is 14.1. The van der Waals surface area contributed by atoms with Crippen LogP contribution < -0.4 is 5.32 Å². The van der Waals surface area contributed by atoms with Crippen LogP contribution in [0.3, 0.4) is 0 Å². The maximum Gasteiger partial charge on any atom is 0.338 e. The lowest BCUT2D eigenvalue weighted by Gasteiger charge is -2.45. The van der Waals surface area contributed by atoms with Gasteiger partial charge in [0.2, 0.25) is 10.0 Å². The second-order valence-electron chi connectivity index (χ2n) is 14.1. The largest absolute Gasteiger partial charge is 0.466 e. The van der Waals surface area contributed by atoms with Crippen LogP contribution in [0.25, 0.3) is 0 Å². The molecule has 256 valence electrons. The second kappa shape index (κ2) is 13.9. The van der Waals surface area contributed by atoms with Crippen molar-refractivity contribution in [2.75, 3.05) is 26.3 Å². The Morgan fingerprint density at radius 3 is 2.47 bits per heavy atom. The average molecular weight is 705 g/mol. The molecule has 2 aliphatic heterocycles. The molecule has 0 bridgehead atoms. The lowest BCUT2D eigenvalue weighted by Crippen LogP contribution is -2.54. The molecule has 1 atom stereocenters. The van der Waals surface area contributed by atoms with Gasteiger partial charge in [-0.3, -0.25) is 9.79 Å². The fraction of sp³-hybridized carbons (Fsp3) is 0.576. The molecule has 0 spiro atoms. The summed E-state index contributed by atoms with van der Waals surface area (Å²) < 4.78 is 54.1. The predicted octanol–water partition coefficient (Wildman–Crippen LogP) is 5.59. The molecule has 1 aliphatic carbocycles. The maximum atomic E-state index is 14.1. The van der Waals surface area contributed by atoms with E-state index in [4.69, 9.17) is 14.5 Å². The van der Waals surface area contributed by atoms with Crippen molar-refractivity contribution in [3.63, 3.8) is 0 Å². The minimum Gasteiger partial charge on any atom is -0.466 e. The summed E-state index contributed by atoms with van der Waals surface area (Å²) in [6.45, 7) is 13.0. The number of hydrogen-bond donors (Lipinski definition) is 1. The van der Waals surface area contributed by atoms with Gasteiger partial charge in [0.1, 0.15) is 11.9 Å². The number of nitrogens with zero attached hydrogens (tertiary/aromatic N) is 3. The number of benzene rings is 1. The first-order valence-electron chi connectivity index (χ1n) is 16.2. The average Bonchev–Trinajstić information content (AvgIpc) is 3.54. The lowest BCUT2D eigenvalue weighted by molar-refractivity contribution is -0.159. The molecule has 0 radical (unpaired) electrons. The van der Waals surface area contributed by atoms with Crippen LogP contribution >= 0.6 is 11.3 Å². The Balaban J connectivity index is 1.34. The summed E-state index contributed by atoms with van der Waals surface area (Å²) in [6.07, 6.45) is 3.09. The zero-order valence-corrected chi connectivity index (χ0v) is 30.6. The number of hydrogen-bond acceptors (Lipinski definition) is 10. The van der Waals surface area contributed by atoms with Gasteiger partial charge in [-0.05, 0) is 75.8 Å². The van der Waals surface area contributed by atoms with Crippen molar-refractivity contribution in [2.24, 2.45) is 16.3 Å². The summed E-state index contributed by atoms with van der Waals surface area (Å²) in [4.78, 5) is 35.7. The highest BCUT2D eigenvalue weighted by Gasteiger charge is 2.54. The number of nitrogens with one attached hydrogen (secondary N) is 1. The van der Waals surface area contributed by atoms with Gasteiger partial charge in [0.25, 0.3) is 0 Å². The van der Waals surface area contributed by atoms with Crippen LogP contribution in [0.15, 0.2) is 46.0 Å². The highest BCUT2D eigenvalue weighted by molar-refractivity contribution is 7.89. The Kier molecular flexibility index (Phi) is 10.4. The summed E-state index contributed by atoms with van der Waals surface area (Å²) in [7, 11) is -4.99. The Labute approximate surface area is 281 Å². The molecule has 2 fully saturated rings. The molecule has 3 aliphatic rings. The highest BCUT2D eigenvalue weighted by atomic mass is 32.2. The van der Waals surface area contributed by atoms with Gasteiger partial charge < -0.3 is 14.8 Å². The van der Waals surface area contributed by atoms with E-state index in [0.29, 0.717) is 52.7 Å². The maximum absolute atomic E-state index is 14.1. The summed E-state index contributed by atoms with van der Waals surface area (Å²) in [5, 5.41) is 5.22. The van der Waals surface area contributed by atoms with Crippen LogP contribution in [0.1, 0.15) is 61.7 Å². The van der Waals surface area contributed by atoms with Crippen molar-refractivity contribution < 1.29 is 31.9 Å². The molecule has 1 saturated carbocycles.